The number of H-pyrrole nitrogens is 1. The second kappa shape index (κ2) is 13.4. The van der Waals surface area contributed by atoms with Gasteiger partial charge in [-0.3, -0.25) is 9.79 Å². The van der Waals surface area contributed by atoms with E-state index in [1.807, 2.05) is 49.9 Å². The third kappa shape index (κ3) is 7.65. The van der Waals surface area contributed by atoms with Gasteiger partial charge in [-0.2, -0.15) is 0 Å². The molecule has 0 aliphatic carbocycles. The van der Waals surface area contributed by atoms with Crippen molar-refractivity contribution in [1.29, 1.82) is 0 Å². The maximum absolute atomic E-state index is 12.1. The average molecular weight is 500 g/mol. The summed E-state index contributed by atoms with van der Waals surface area (Å²) in [5.74, 6) is 1.93. The lowest BCUT2D eigenvalue weighted by Crippen LogP contribution is -2.40. The molecule has 0 unspecified atom stereocenters. The van der Waals surface area contributed by atoms with Crippen LogP contribution in [0.15, 0.2) is 29.3 Å². The molecule has 28 heavy (non-hydrogen) atoms. The van der Waals surface area contributed by atoms with E-state index >= 15 is 0 Å². The molecule has 2 aromatic rings. The van der Waals surface area contributed by atoms with Crippen LogP contribution in [0, 0.1) is 0 Å². The standard InChI is InChI=1S/C20H32N6O.HI/c1-4-21-20(23-15-13-19(27)26(5-2)6-3)22-14-9-12-18-24-16-10-7-8-11-17(16)25-18;/h7-8,10-11H,4-6,9,12-15H2,1-3H3,(H,24,25)(H2,21,22,23);1H. The fourth-order valence-corrected chi connectivity index (χ4v) is 2.93. The molecule has 8 heteroatoms. The predicted octanol–water partition coefficient (Wildman–Crippen LogP) is 2.93. The first-order chi connectivity index (χ1) is 13.2. The van der Waals surface area contributed by atoms with Crippen molar-refractivity contribution in [2.45, 2.75) is 40.0 Å². The Morgan fingerprint density at radius 3 is 2.61 bits per heavy atom. The molecule has 0 saturated heterocycles. The highest BCUT2D eigenvalue weighted by Gasteiger charge is 2.09. The van der Waals surface area contributed by atoms with Crippen molar-refractivity contribution in [2.75, 3.05) is 32.7 Å². The molecular formula is C20H33IN6O. The van der Waals surface area contributed by atoms with Crippen LogP contribution in [0.1, 0.15) is 39.4 Å². The number of aromatic nitrogens is 2. The lowest BCUT2D eigenvalue weighted by Gasteiger charge is -2.19. The van der Waals surface area contributed by atoms with Gasteiger partial charge < -0.3 is 20.5 Å². The number of para-hydroxylation sites is 2. The quantitative estimate of drug-likeness (QED) is 0.203. The van der Waals surface area contributed by atoms with Gasteiger partial charge in [0.05, 0.1) is 11.0 Å². The van der Waals surface area contributed by atoms with Gasteiger partial charge in [0.1, 0.15) is 5.82 Å². The van der Waals surface area contributed by atoms with E-state index in [0.29, 0.717) is 19.5 Å². The molecule has 2 rings (SSSR count). The van der Waals surface area contributed by atoms with Gasteiger partial charge in [0.15, 0.2) is 5.96 Å². The maximum atomic E-state index is 12.1. The van der Waals surface area contributed by atoms with Crippen molar-refractivity contribution in [2.24, 2.45) is 4.99 Å². The third-order valence-electron chi connectivity index (χ3n) is 4.37. The molecule has 0 saturated carbocycles. The van der Waals surface area contributed by atoms with Gasteiger partial charge in [-0.25, -0.2) is 4.98 Å². The number of aliphatic imine (C=N–C) groups is 1. The van der Waals surface area contributed by atoms with Gasteiger partial charge in [-0.05, 0) is 39.3 Å². The first-order valence-corrected chi connectivity index (χ1v) is 9.91. The minimum atomic E-state index is 0. The third-order valence-corrected chi connectivity index (χ3v) is 4.37. The van der Waals surface area contributed by atoms with Gasteiger partial charge >= 0.3 is 0 Å². The van der Waals surface area contributed by atoms with E-state index in [2.05, 4.69) is 25.6 Å². The number of carbonyl (C=O) groups excluding carboxylic acids is 1. The van der Waals surface area contributed by atoms with Crippen LogP contribution in [0.4, 0.5) is 0 Å². The summed E-state index contributed by atoms with van der Waals surface area (Å²) in [5.41, 5.74) is 2.08. The predicted molar refractivity (Wildman–Crippen MR) is 126 cm³/mol. The van der Waals surface area contributed by atoms with E-state index in [-0.39, 0.29) is 29.9 Å². The average Bonchev–Trinajstić information content (AvgIpc) is 3.09. The Labute approximate surface area is 184 Å². The van der Waals surface area contributed by atoms with Crippen molar-refractivity contribution in [3.05, 3.63) is 30.1 Å². The van der Waals surface area contributed by atoms with Crippen LogP contribution in [0.2, 0.25) is 0 Å². The minimum Gasteiger partial charge on any atom is -0.357 e. The minimum absolute atomic E-state index is 0. The zero-order chi connectivity index (χ0) is 19.5. The van der Waals surface area contributed by atoms with Crippen molar-refractivity contribution in [3.8, 4) is 0 Å². The topological polar surface area (TPSA) is 85.4 Å². The highest BCUT2D eigenvalue weighted by molar-refractivity contribution is 14.0. The number of amides is 1. The molecule has 1 aromatic carbocycles. The van der Waals surface area contributed by atoms with Crippen LogP contribution >= 0.6 is 24.0 Å². The number of hydrogen-bond donors (Lipinski definition) is 3. The normalized spacial score (nSPS) is 11.2. The number of fused-ring (bicyclic) bond motifs is 1. The summed E-state index contributed by atoms with van der Waals surface area (Å²) in [6.07, 6.45) is 2.25. The summed E-state index contributed by atoms with van der Waals surface area (Å²) in [6, 6.07) is 8.06. The van der Waals surface area contributed by atoms with Crippen molar-refractivity contribution < 1.29 is 4.79 Å². The number of nitrogens with zero attached hydrogens (tertiary/aromatic N) is 3. The summed E-state index contributed by atoms with van der Waals surface area (Å²) >= 11 is 0. The summed E-state index contributed by atoms with van der Waals surface area (Å²) in [7, 11) is 0. The second-order valence-electron chi connectivity index (χ2n) is 6.31. The first kappa shape index (κ1) is 24.2. The van der Waals surface area contributed by atoms with E-state index in [9.17, 15) is 4.79 Å². The molecule has 1 amide bonds. The maximum Gasteiger partial charge on any atom is 0.224 e. The largest absolute Gasteiger partial charge is 0.357 e. The molecule has 0 radical (unpaired) electrons. The molecule has 3 N–H and O–H groups in total. The Morgan fingerprint density at radius 2 is 1.93 bits per heavy atom. The molecule has 1 aromatic heterocycles. The Balaban J connectivity index is 0.00000392. The van der Waals surface area contributed by atoms with Gasteiger partial charge in [-0.15, -0.1) is 24.0 Å². The Hall–Kier alpha value is -1.84. The SMILES string of the molecule is CCNC(=NCCCc1nc2ccccc2[nH]1)NCCC(=O)N(CC)CC.I. The van der Waals surface area contributed by atoms with Crippen LogP contribution in [0.25, 0.3) is 11.0 Å². The molecule has 0 fully saturated rings. The van der Waals surface area contributed by atoms with E-state index in [1.165, 1.54) is 0 Å². The molecule has 7 nitrogen and oxygen atoms in total. The highest BCUT2D eigenvalue weighted by atomic mass is 127. The lowest BCUT2D eigenvalue weighted by molar-refractivity contribution is -0.130. The van der Waals surface area contributed by atoms with Crippen LogP contribution in [0.3, 0.4) is 0 Å². The van der Waals surface area contributed by atoms with Gasteiger partial charge in [0.2, 0.25) is 5.91 Å². The molecule has 0 spiro atoms. The molecule has 156 valence electrons. The fourth-order valence-electron chi connectivity index (χ4n) is 2.93. The Bertz CT molecular complexity index is 708. The van der Waals surface area contributed by atoms with Crippen molar-refractivity contribution in [3.63, 3.8) is 0 Å². The van der Waals surface area contributed by atoms with E-state index in [4.69, 9.17) is 0 Å². The number of hydrogen-bond acceptors (Lipinski definition) is 3. The first-order valence-electron chi connectivity index (χ1n) is 9.91. The van der Waals surface area contributed by atoms with Gasteiger partial charge in [0, 0.05) is 45.6 Å². The van der Waals surface area contributed by atoms with Gasteiger partial charge in [-0.1, -0.05) is 12.1 Å². The summed E-state index contributed by atoms with van der Waals surface area (Å²) < 4.78 is 0. The monoisotopic (exact) mass is 500 g/mol. The van der Waals surface area contributed by atoms with E-state index < -0.39 is 0 Å². The Morgan fingerprint density at radius 1 is 1.18 bits per heavy atom. The van der Waals surface area contributed by atoms with Crippen LogP contribution < -0.4 is 10.6 Å². The summed E-state index contributed by atoms with van der Waals surface area (Å²) in [4.78, 5) is 26.4. The van der Waals surface area contributed by atoms with E-state index in [1.54, 1.807) is 0 Å². The molecule has 0 atom stereocenters. The number of rotatable bonds is 10. The molecule has 0 bridgehead atoms. The molecule has 1 heterocycles. The zero-order valence-electron chi connectivity index (χ0n) is 17.1. The summed E-state index contributed by atoms with van der Waals surface area (Å²) in [6.45, 7) is 9.63. The lowest BCUT2D eigenvalue weighted by atomic mass is 10.3. The van der Waals surface area contributed by atoms with Crippen LogP contribution in [0.5, 0.6) is 0 Å². The Kier molecular flexibility index (Phi) is 11.5. The van der Waals surface area contributed by atoms with Crippen LogP contribution in [-0.4, -0.2) is 59.5 Å². The number of aromatic amines is 1. The smallest absolute Gasteiger partial charge is 0.224 e. The number of imidazole rings is 1. The number of halogens is 1. The molecular weight excluding hydrogens is 467 g/mol. The van der Waals surface area contributed by atoms with Crippen molar-refractivity contribution >= 4 is 46.9 Å². The number of aryl methyl sites for hydroxylation is 1. The molecule has 0 aliphatic rings. The molecule has 0 aliphatic heterocycles. The number of guanidine groups is 1. The fraction of sp³-hybridized carbons (Fsp3) is 0.550. The number of benzene rings is 1. The van der Waals surface area contributed by atoms with Gasteiger partial charge in [0.25, 0.3) is 0 Å². The van der Waals surface area contributed by atoms with Crippen LogP contribution in [-0.2, 0) is 11.2 Å². The second-order valence-corrected chi connectivity index (χ2v) is 6.31. The summed E-state index contributed by atoms with van der Waals surface area (Å²) in [5, 5.41) is 6.47. The number of nitrogens with one attached hydrogen (secondary N) is 3. The number of carbonyl (C=O) groups is 1. The van der Waals surface area contributed by atoms with E-state index in [0.717, 1.165) is 55.3 Å². The zero-order valence-corrected chi connectivity index (χ0v) is 19.5. The van der Waals surface area contributed by atoms with Crippen molar-refractivity contribution in [1.82, 2.24) is 25.5 Å². The highest BCUT2D eigenvalue weighted by Crippen LogP contribution is 2.11.